The third-order valence-corrected chi connectivity index (χ3v) is 5.26. The lowest BCUT2D eigenvalue weighted by Gasteiger charge is -2.14. The first-order chi connectivity index (χ1) is 14.2. The molecule has 1 amide bonds. The van der Waals surface area contributed by atoms with Gasteiger partial charge < -0.3 is 10.1 Å². The van der Waals surface area contributed by atoms with Gasteiger partial charge in [-0.2, -0.15) is 0 Å². The molecule has 0 heterocycles. The van der Waals surface area contributed by atoms with Crippen LogP contribution in [-0.4, -0.2) is 26.4 Å². The molecule has 0 aromatic heterocycles. The van der Waals surface area contributed by atoms with Crippen LogP contribution in [0.5, 0.6) is 0 Å². The van der Waals surface area contributed by atoms with E-state index in [0.717, 1.165) is 11.1 Å². The van der Waals surface area contributed by atoms with Crippen LogP contribution in [0.15, 0.2) is 83.8 Å². The lowest BCUT2D eigenvalue weighted by Crippen LogP contribution is -2.30. The quantitative estimate of drug-likeness (QED) is 0.590. The van der Waals surface area contributed by atoms with Crippen LogP contribution in [0.2, 0.25) is 0 Å². The number of hydrogen-bond acceptors (Lipinski definition) is 5. The maximum absolute atomic E-state index is 12.3. The predicted octanol–water partition coefficient (Wildman–Crippen LogP) is 3.18. The molecule has 0 saturated carbocycles. The molecule has 3 rings (SSSR count). The van der Waals surface area contributed by atoms with Crippen molar-refractivity contribution in [3.63, 3.8) is 0 Å². The smallest absolute Gasteiger partial charge is 0.338 e. The van der Waals surface area contributed by atoms with E-state index in [9.17, 15) is 18.0 Å². The van der Waals surface area contributed by atoms with Crippen LogP contribution in [-0.2, 0) is 19.6 Å². The molecular weight excluding hydrogens is 404 g/mol. The highest BCUT2D eigenvalue weighted by Crippen LogP contribution is 2.20. The molecule has 0 fully saturated rings. The van der Waals surface area contributed by atoms with E-state index < -0.39 is 28.0 Å². The minimum absolute atomic E-state index is 0.0704. The third-order valence-electron chi connectivity index (χ3n) is 4.33. The standard InChI is InChI=1S/C22H20N2O5S/c1-15(21(25)24-19-11-13-20(14-12-19)30(23,27)28)29-22(26)18-9-7-17(8-10-18)16-5-3-2-4-6-16/h2-15H,1H3,(H,24,25)(H2,23,27,28)/t15-/m0/s1. The summed E-state index contributed by atoms with van der Waals surface area (Å²) in [6.45, 7) is 1.45. The lowest BCUT2D eigenvalue weighted by molar-refractivity contribution is -0.123. The summed E-state index contributed by atoms with van der Waals surface area (Å²) in [5.74, 6) is -1.17. The first-order valence-electron chi connectivity index (χ1n) is 9.04. The predicted molar refractivity (Wildman–Crippen MR) is 113 cm³/mol. The van der Waals surface area contributed by atoms with E-state index in [2.05, 4.69) is 5.32 Å². The Morgan fingerprint density at radius 2 is 1.43 bits per heavy atom. The monoisotopic (exact) mass is 424 g/mol. The summed E-state index contributed by atoms with van der Waals surface area (Å²) >= 11 is 0. The van der Waals surface area contributed by atoms with Crippen molar-refractivity contribution in [3.05, 3.63) is 84.4 Å². The molecule has 7 nitrogen and oxygen atoms in total. The Morgan fingerprint density at radius 1 is 0.867 bits per heavy atom. The highest BCUT2D eigenvalue weighted by molar-refractivity contribution is 7.89. The minimum atomic E-state index is -3.81. The van der Waals surface area contributed by atoms with Crippen molar-refractivity contribution in [3.8, 4) is 11.1 Å². The number of hydrogen-bond donors (Lipinski definition) is 2. The zero-order valence-corrected chi connectivity index (χ0v) is 16.9. The minimum Gasteiger partial charge on any atom is -0.449 e. The van der Waals surface area contributed by atoms with Crippen LogP contribution < -0.4 is 10.5 Å². The Kier molecular flexibility index (Phi) is 6.29. The molecule has 0 radical (unpaired) electrons. The fourth-order valence-electron chi connectivity index (χ4n) is 2.68. The number of carbonyl (C=O) groups excluding carboxylic acids is 2. The van der Waals surface area contributed by atoms with Crippen LogP contribution in [0.1, 0.15) is 17.3 Å². The van der Waals surface area contributed by atoms with Crippen LogP contribution >= 0.6 is 0 Å². The average Bonchev–Trinajstić information content (AvgIpc) is 2.74. The Labute approximate surface area is 174 Å². The van der Waals surface area contributed by atoms with Crippen molar-refractivity contribution in [1.29, 1.82) is 0 Å². The highest BCUT2D eigenvalue weighted by atomic mass is 32.2. The van der Waals surface area contributed by atoms with Crippen LogP contribution in [0.3, 0.4) is 0 Å². The lowest BCUT2D eigenvalue weighted by atomic mass is 10.0. The SMILES string of the molecule is C[C@H](OC(=O)c1ccc(-c2ccccc2)cc1)C(=O)Nc1ccc(S(N)(=O)=O)cc1. The second-order valence-electron chi connectivity index (χ2n) is 6.55. The molecule has 30 heavy (non-hydrogen) atoms. The van der Waals surface area contributed by atoms with Crippen molar-refractivity contribution in [2.45, 2.75) is 17.9 Å². The maximum Gasteiger partial charge on any atom is 0.338 e. The van der Waals surface area contributed by atoms with E-state index in [1.165, 1.54) is 31.2 Å². The van der Waals surface area contributed by atoms with Gasteiger partial charge in [0.1, 0.15) is 0 Å². The molecule has 154 valence electrons. The van der Waals surface area contributed by atoms with Gasteiger partial charge in [-0.1, -0.05) is 42.5 Å². The Hall–Kier alpha value is -3.49. The number of carbonyl (C=O) groups is 2. The summed E-state index contributed by atoms with van der Waals surface area (Å²) in [6.07, 6.45) is -1.05. The van der Waals surface area contributed by atoms with Crippen molar-refractivity contribution in [1.82, 2.24) is 0 Å². The van der Waals surface area contributed by atoms with Crippen LogP contribution in [0.4, 0.5) is 5.69 Å². The van der Waals surface area contributed by atoms with Gasteiger partial charge in [0.05, 0.1) is 10.5 Å². The second kappa shape index (κ2) is 8.89. The Balaban J connectivity index is 1.60. The largest absolute Gasteiger partial charge is 0.449 e. The molecular formula is C22H20N2O5S. The van der Waals surface area contributed by atoms with Crippen LogP contribution in [0.25, 0.3) is 11.1 Å². The summed E-state index contributed by atoms with van der Waals surface area (Å²) in [4.78, 5) is 24.5. The number of esters is 1. The van der Waals surface area contributed by atoms with Crippen molar-refractivity contribution < 1.29 is 22.7 Å². The van der Waals surface area contributed by atoms with E-state index in [-0.39, 0.29) is 4.90 Å². The Bertz CT molecular complexity index is 1140. The van der Waals surface area contributed by atoms with E-state index in [0.29, 0.717) is 11.3 Å². The number of amides is 1. The molecule has 1 atom stereocenters. The van der Waals surface area contributed by atoms with E-state index in [4.69, 9.17) is 9.88 Å². The average molecular weight is 424 g/mol. The molecule has 0 aliphatic heterocycles. The molecule has 0 bridgehead atoms. The number of ether oxygens (including phenoxy) is 1. The summed E-state index contributed by atoms with van der Waals surface area (Å²) in [6, 6.07) is 22.0. The zero-order chi connectivity index (χ0) is 21.7. The fourth-order valence-corrected chi connectivity index (χ4v) is 3.20. The number of nitrogens with one attached hydrogen (secondary N) is 1. The molecule has 0 spiro atoms. The molecule has 0 aliphatic rings. The van der Waals surface area contributed by atoms with Crippen molar-refractivity contribution in [2.24, 2.45) is 5.14 Å². The third kappa shape index (κ3) is 5.31. The maximum atomic E-state index is 12.3. The van der Waals surface area contributed by atoms with Gasteiger partial charge in [-0.25, -0.2) is 18.4 Å². The van der Waals surface area contributed by atoms with Gasteiger partial charge in [0.2, 0.25) is 10.0 Å². The number of rotatable bonds is 6. The van der Waals surface area contributed by atoms with Gasteiger partial charge in [0.15, 0.2) is 6.10 Å². The molecule has 0 saturated heterocycles. The van der Waals surface area contributed by atoms with Crippen molar-refractivity contribution in [2.75, 3.05) is 5.32 Å². The van der Waals surface area contributed by atoms with E-state index in [1.807, 2.05) is 42.5 Å². The topological polar surface area (TPSA) is 116 Å². The molecule has 3 aromatic carbocycles. The summed E-state index contributed by atoms with van der Waals surface area (Å²) in [5, 5.41) is 7.59. The number of nitrogens with two attached hydrogens (primary N) is 1. The van der Waals surface area contributed by atoms with Gasteiger partial charge >= 0.3 is 5.97 Å². The van der Waals surface area contributed by atoms with Gasteiger partial charge in [-0.3, -0.25) is 4.79 Å². The fraction of sp³-hybridized carbons (Fsp3) is 0.0909. The summed E-state index contributed by atoms with van der Waals surface area (Å²) in [5.41, 5.74) is 2.66. The van der Waals surface area contributed by atoms with E-state index >= 15 is 0 Å². The normalized spacial score (nSPS) is 12.1. The highest BCUT2D eigenvalue weighted by Gasteiger charge is 2.19. The molecule has 0 unspecified atom stereocenters. The first kappa shape index (κ1) is 21.2. The number of sulfonamides is 1. The van der Waals surface area contributed by atoms with Gasteiger partial charge in [0, 0.05) is 5.69 Å². The van der Waals surface area contributed by atoms with Gasteiger partial charge in [-0.05, 0) is 54.4 Å². The van der Waals surface area contributed by atoms with Gasteiger partial charge in [0.25, 0.3) is 5.91 Å². The molecule has 0 aliphatic carbocycles. The number of benzene rings is 3. The van der Waals surface area contributed by atoms with Crippen LogP contribution in [0, 0.1) is 0 Å². The number of primary sulfonamides is 1. The zero-order valence-electron chi connectivity index (χ0n) is 16.1. The van der Waals surface area contributed by atoms with Gasteiger partial charge in [-0.15, -0.1) is 0 Å². The van der Waals surface area contributed by atoms with Crippen molar-refractivity contribution >= 4 is 27.6 Å². The Morgan fingerprint density at radius 3 is 2.00 bits per heavy atom. The summed E-state index contributed by atoms with van der Waals surface area (Å²) in [7, 11) is -3.81. The van der Waals surface area contributed by atoms with E-state index in [1.54, 1.807) is 12.1 Å². The molecule has 8 heteroatoms. The first-order valence-corrected chi connectivity index (χ1v) is 10.6. The molecule has 3 N–H and O–H groups in total. The summed E-state index contributed by atoms with van der Waals surface area (Å²) < 4.78 is 27.8. The second-order valence-corrected chi connectivity index (χ2v) is 8.11. The molecule has 3 aromatic rings. The number of anilines is 1.